The highest BCUT2D eigenvalue weighted by Crippen LogP contribution is 2.29. The van der Waals surface area contributed by atoms with Crippen molar-refractivity contribution in [3.05, 3.63) is 58.1 Å². The molecule has 0 fully saturated rings. The normalized spacial score (nSPS) is 11.0. The van der Waals surface area contributed by atoms with Crippen LogP contribution in [0.3, 0.4) is 0 Å². The molecular formula is C18H22ClNO. The average molecular weight is 304 g/mol. The summed E-state index contributed by atoms with van der Waals surface area (Å²) in [5.41, 5.74) is 3.31. The van der Waals surface area contributed by atoms with Crippen molar-refractivity contribution in [2.24, 2.45) is 0 Å². The minimum Gasteiger partial charge on any atom is -0.457 e. The maximum atomic E-state index is 6.17. The van der Waals surface area contributed by atoms with E-state index >= 15 is 0 Å². The van der Waals surface area contributed by atoms with Crippen molar-refractivity contribution in [2.75, 3.05) is 0 Å². The molecule has 0 aliphatic carbocycles. The third-order valence-electron chi connectivity index (χ3n) is 3.28. The Bertz CT molecular complexity index is 582. The first kappa shape index (κ1) is 15.9. The molecule has 2 nitrogen and oxygen atoms in total. The van der Waals surface area contributed by atoms with E-state index in [1.165, 1.54) is 5.56 Å². The first-order valence-electron chi connectivity index (χ1n) is 7.22. The predicted octanol–water partition coefficient (Wildman–Crippen LogP) is 5.25. The van der Waals surface area contributed by atoms with Crippen LogP contribution in [0.25, 0.3) is 0 Å². The minimum absolute atomic E-state index is 0.487. The highest BCUT2D eigenvalue weighted by atomic mass is 35.5. The summed E-state index contributed by atoms with van der Waals surface area (Å²) in [6.07, 6.45) is 0. The number of nitrogens with one attached hydrogen (secondary N) is 1. The smallest absolute Gasteiger partial charge is 0.128 e. The highest BCUT2D eigenvalue weighted by Gasteiger charge is 2.05. The second kappa shape index (κ2) is 6.97. The number of aryl methyl sites for hydroxylation is 2. The second-order valence-corrected chi connectivity index (χ2v) is 6.03. The average Bonchev–Trinajstić information content (AvgIpc) is 2.44. The van der Waals surface area contributed by atoms with Gasteiger partial charge in [-0.1, -0.05) is 37.6 Å². The molecule has 0 aromatic heterocycles. The summed E-state index contributed by atoms with van der Waals surface area (Å²) in [4.78, 5) is 0. The van der Waals surface area contributed by atoms with Crippen molar-refractivity contribution in [1.82, 2.24) is 5.32 Å². The van der Waals surface area contributed by atoms with E-state index in [-0.39, 0.29) is 0 Å². The Morgan fingerprint density at radius 3 is 2.10 bits per heavy atom. The zero-order chi connectivity index (χ0) is 15.4. The van der Waals surface area contributed by atoms with Crippen molar-refractivity contribution < 1.29 is 4.74 Å². The maximum Gasteiger partial charge on any atom is 0.128 e. The largest absolute Gasteiger partial charge is 0.457 e. The number of rotatable bonds is 5. The molecule has 0 amide bonds. The SMILES string of the molecule is Cc1cc(Oc2ccc(CNC(C)C)cc2)cc(C)c1Cl. The molecule has 0 unspecified atom stereocenters. The van der Waals surface area contributed by atoms with Crippen LogP contribution in [0.1, 0.15) is 30.5 Å². The molecule has 0 heterocycles. The monoisotopic (exact) mass is 303 g/mol. The quantitative estimate of drug-likeness (QED) is 0.815. The van der Waals surface area contributed by atoms with Crippen LogP contribution in [0, 0.1) is 13.8 Å². The summed E-state index contributed by atoms with van der Waals surface area (Å²) >= 11 is 6.17. The van der Waals surface area contributed by atoms with E-state index < -0.39 is 0 Å². The molecule has 2 rings (SSSR count). The van der Waals surface area contributed by atoms with E-state index in [4.69, 9.17) is 16.3 Å². The lowest BCUT2D eigenvalue weighted by Crippen LogP contribution is -2.21. The molecule has 2 aromatic carbocycles. The topological polar surface area (TPSA) is 21.3 Å². The lowest BCUT2D eigenvalue weighted by atomic mass is 10.1. The molecule has 3 heteroatoms. The first-order valence-corrected chi connectivity index (χ1v) is 7.60. The van der Waals surface area contributed by atoms with Gasteiger partial charge in [-0.15, -0.1) is 0 Å². The number of hydrogen-bond donors (Lipinski definition) is 1. The zero-order valence-electron chi connectivity index (χ0n) is 13.0. The van der Waals surface area contributed by atoms with Crippen molar-refractivity contribution >= 4 is 11.6 Å². The number of ether oxygens (including phenoxy) is 1. The van der Waals surface area contributed by atoms with E-state index in [1.54, 1.807) is 0 Å². The van der Waals surface area contributed by atoms with Gasteiger partial charge < -0.3 is 10.1 Å². The molecule has 2 aromatic rings. The van der Waals surface area contributed by atoms with Gasteiger partial charge in [0, 0.05) is 17.6 Å². The molecule has 0 aliphatic heterocycles. The van der Waals surface area contributed by atoms with E-state index in [1.807, 2.05) is 38.1 Å². The first-order chi connectivity index (χ1) is 9.95. The van der Waals surface area contributed by atoms with Gasteiger partial charge in [0.1, 0.15) is 11.5 Å². The van der Waals surface area contributed by atoms with Crippen LogP contribution in [0.5, 0.6) is 11.5 Å². The van der Waals surface area contributed by atoms with Gasteiger partial charge >= 0.3 is 0 Å². The Morgan fingerprint density at radius 1 is 1.00 bits per heavy atom. The number of hydrogen-bond acceptors (Lipinski definition) is 2. The summed E-state index contributed by atoms with van der Waals surface area (Å²) in [5, 5.41) is 4.20. The summed E-state index contributed by atoms with van der Waals surface area (Å²) in [7, 11) is 0. The van der Waals surface area contributed by atoms with Crippen molar-refractivity contribution in [3.63, 3.8) is 0 Å². The van der Waals surface area contributed by atoms with Gasteiger partial charge in [0.05, 0.1) is 0 Å². The third kappa shape index (κ3) is 4.48. The Morgan fingerprint density at radius 2 is 1.57 bits per heavy atom. The van der Waals surface area contributed by atoms with Gasteiger partial charge in [-0.3, -0.25) is 0 Å². The summed E-state index contributed by atoms with van der Waals surface area (Å²) in [6, 6.07) is 12.6. The van der Waals surface area contributed by atoms with Crippen molar-refractivity contribution in [2.45, 2.75) is 40.3 Å². The molecule has 0 bridgehead atoms. The molecule has 1 N–H and O–H groups in total. The van der Waals surface area contributed by atoms with Crippen LogP contribution in [-0.4, -0.2) is 6.04 Å². The number of halogens is 1. The maximum absolute atomic E-state index is 6.17. The van der Waals surface area contributed by atoms with Crippen LogP contribution >= 0.6 is 11.6 Å². The summed E-state index contributed by atoms with van der Waals surface area (Å²) in [5.74, 6) is 1.66. The fraction of sp³-hybridized carbons (Fsp3) is 0.333. The number of benzene rings is 2. The van der Waals surface area contributed by atoms with Gasteiger partial charge in [-0.25, -0.2) is 0 Å². The van der Waals surface area contributed by atoms with Crippen LogP contribution in [-0.2, 0) is 6.54 Å². The molecule has 0 saturated heterocycles. The van der Waals surface area contributed by atoms with Crippen LogP contribution < -0.4 is 10.1 Å². The summed E-state index contributed by atoms with van der Waals surface area (Å²) < 4.78 is 5.90. The Labute approximate surface area is 132 Å². The molecule has 0 atom stereocenters. The molecule has 112 valence electrons. The van der Waals surface area contributed by atoms with E-state index in [9.17, 15) is 0 Å². The van der Waals surface area contributed by atoms with E-state index in [2.05, 4.69) is 31.3 Å². The molecule has 21 heavy (non-hydrogen) atoms. The van der Waals surface area contributed by atoms with Gasteiger partial charge in [-0.05, 0) is 54.8 Å². The van der Waals surface area contributed by atoms with Gasteiger partial charge in [0.15, 0.2) is 0 Å². The standard InChI is InChI=1S/C18H22ClNO/c1-12(2)20-11-15-5-7-16(8-6-15)21-17-9-13(3)18(19)14(4)10-17/h5-10,12,20H,11H2,1-4H3. The predicted molar refractivity (Wildman–Crippen MR) is 89.4 cm³/mol. The molecule has 0 radical (unpaired) electrons. The lowest BCUT2D eigenvalue weighted by Gasteiger charge is -2.11. The Hall–Kier alpha value is -1.51. The fourth-order valence-electron chi connectivity index (χ4n) is 2.10. The fourth-order valence-corrected chi connectivity index (χ4v) is 2.21. The van der Waals surface area contributed by atoms with Gasteiger partial charge in [0.25, 0.3) is 0 Å². The van der Waals surface area contributed by atoms with E-state index in [0.29, 0.717) is 6.04 Å². The second-order valence-electron chi connectivity index (χ2n) is 5.65. The van der Waals surface area contributed by atoms with Crippen LogP contribution in [0.4, 0.5) is 0 Å². The van der Waals surface area contributed by atoms with Crippen molar-refractivity contribution in [1.29, 1.82) is 0 Å². The zero-order valence-corrected chi connectivity index (χ0v) is 13.8. The van der Waals surface area contributed by atoms with Crippen LogP contribution in [0.2, 0.25) is 5.02 Å². The minimum atomic E-state index is 0.487. The lowest BCUT2D eigenvalue weighted by molar-refractivity contribution is 0.481. The molecule has 0 aliphatic rings. The third-order valence-corrected chi connectivity index (χ3v) is 3.88. The summed E-state index contributed by atoms with van der Waals surface area (Å²) in [6.45, 7) is 9.13. The van der Waals surface area contributed by atoms with Gasteiger partial charge in [-0.2, -0.15) is 0 Å². The highest BCUT2D eigenvalue weighted by molar-refractivity contribution is 6.32. The van der Waals surface area contributed by atoms with Crippen LogP contribution in [0.15, 0.2) is 36.4 Å². The molecule has 0 saturated carbocycles. The van der Waals surface area contributed by atoms with Gasteiger partial charge in [0.2, 0.25) is 0 Å². The molecule has 0 spiro atoms. The molecular weight excluding hydrogens is 282 g/mol. The van der Waals surface area contributed by atoms with E-state index in [0.717, 1.165) is 34.2 Å². The Kier molecular flexibility index (Phi) is 5.27. The Balaban J connectivity index is 2.06. The van der Waals surface area contributed by atoms with Crippen molar-refractivity contribution in [3.8, 4) is 11.5 Å².